The van der Waals surface area contributed by atoms with Crippen LogP contribution in [-0.2, 0) is 4.79 Å². The number of hydrogen-bond donors (Lipinski definition) is 2. The number of aliphatic carboxylic acids is 1. The summed E-state index contributed by atoms with van der Waals surface area (Å²) in [6.07, 6.45) is 2.93. The van der Waals surface area contributed by atoms with Crippen molar-refractivity contribution in [1.82, 2.24) is 10.2 Å². The number of carbonyl (C=O) groups is 2. The standard InChI is InChI=1S/C11H20N2O3/c1-4-8-6-5-7-13(8)10(16)12-11(2,3)9(14)15/h8H,4-7H2,1-3H3,(H,12,16)(H,14,15). The molecule has 0 spiro atoms. The van der Waals surface area contributed by atoms with Gasteiger partial charge in [0.25, 0.3) is 0 Å². The van der Waals surface area contributed by atoms with Crippen LogP contribution in [0, 0.1) is 0 Å². The fourth-order valence-electron chi connectivity index (χ4n) is 1.92. The van der Waals surface area contributed by atoms with Crippen molar-refractivity contribution < 1.29 is 14.7 Å². The third-order valence-corrected chi connectivity index (χ3v) is 3.06. The Hall–Kier alpha value is -1.26. The number of carboxylic acids is 1. The first-order valence-electron chi connectivity index (χ1n) is 5.70. The lowest BCUT2D eigenvalue weighted by atomic mass is 10.1. The Bertz CT molecular complexity index is 289. The number of amides is 2. The summed E-state index contributed by atoms with van der Waals surface area (Å²) >= 11 is 0. The van der Waals surface area contributed by atoms with Gasteiger partial charge in [0.2, 0.25) is 0 Å². The van der Waals surface area contributed by atoms with E-state index in [0.29, 0.717) is 0 Å². The maximum absolute atomic E-state index is 11.9. The van der Waals surface area contributed by atoms with E-state index in [1.54, 1.807) is 4.90 Å². The van der Waals surface area contributed by atoms with Gasteiger partial charge in [-0.3, -0.25) is 0 Å². The van der Waals surface area contributed by atoms with Crippen LogP contribution in [0.15, 0.2) is 0 Å². The smallest absolute Gasteiger partial charge is 0.328 e. The maximum Gasteiger partial charge on any atom is 0.328 e. The third-order valence-electron chi connectivity index (χ3n) is 3.06. The zero-order valence-corrected chi connectivity index (χ0v) is 10.1. The Morgan fingerprint density at radius 2 is 2.12 bits per heavy atom. The van der Waals surface area contributed by atoms with Crippen molar-refractivity contribution in [3.63, 3.8) is 0 Å². The summed E-state index contributed by atoms with van der Waals surface area (Å²) in [6, 6.07) is -0.0126. The van der Waals surface area contributed by atoms with Crippen LogP contribution in [0.1, 0.15) is 40.0 Å². The van der Waals surface area contributed by atoms with Crippen molar-refractivity contribution in [1.29, 1.82) is 0 Å². The van der Waals surface area contributed by atoms with E-state index >= 15 is 0 Å². The predicted molar refractivity (Wildman–Crippen MR) is 60.3 cm³/mol. The molecule has 1 atom stereocenters. The molecule has 1 aliphatic rings. The molecule has 0 bridgehead atoms. The minimum absolute atomic E-state index is 0.254. The Morgan fingerprint density at radius 1 is 1.50 bits per heavy atom. The molecule has 5 heteroatoms. The SMILES string of the molecule is CCC1CCCN1C(=O)NC(C)(C)C(=O)O. The van der Waals surface area contributed by atoms with Gasteiger partial charge >= 0.3 is 12.0 Å². The van der Waals surface area contributed by atoms with Crippen molar-refractivity contribution in [3.05, 3.63) is 0 Å². The van der Waals surface area contributed by atoms with Gasteiger partial charge in [0.1, 0.15) is 5.54 Å². The van der Waals surface area contributed by atoms with Gasteiger partial charge in [0.15, 0.2) is 0 Å². The van der Waals surface area contributed by atoms with E-state index in [1.165, 1.54) is 13.8 Å². The van der Waals surface area contributed by atoms with Crippen LogP contribution in [0.5, 0.6) is 0 Å². The Labute approximate surface area is 95.8 Å². The molecule has 1 aliphatic heterocycles. The largest absolute Gasteiger partial charge is 0.480 e. The highest BCUT2D eigenvalue weighted by atomic mass is 16.4. The molecule has 1 heterocycles. The molecular formula is C11H20N2O3. The van der Waals surface area contributed by atoms with E-state index in [0.717, 1.165) is 25.8 Å². The quantitative estimate of drug-likeness (QED) is 0.767. The van der Waals surface area contributed by atoms with Crippen molar-refractivity contribution in [3.8, 4) is 0 Å². The van der Waals surface area contributed by atoms with Gasteiger partial charge in [-0.2, -0.15) is 0 Å². The zero-order valence-electron chi connectivity index (χ0n) is 10.1. The summed E-state index contributed by atoms with van der Waals surface area (Å²) in [5.41, 5.74) is -1.21. The molecule has 0 aromatic carbocycles. The average Bonchev–Trinajstić information content (AvgIpc) is 2.64. The number of carbonyl (C=O) groups excluding carboxylic acids is 1. The molecule has 1 rings (SSSR count). The number of urea groups is 1. The first kappa shape index (κ1) is 12.8. The molecule has 2 amide bonds. The highest BCUT2D eigenvalue weighted by Crippen LogP contribution is 2.20. The molecule has 1 unspecified atom stereocenters. The second-order valence-corrected chi connectivity index (χ2v) is 4.76. The van der Waals surface area contributed by atoms with Gasteiger partial charge in [-0.05, 0) is 33.1 Å². The second kappa shape index (κ2) is 4.72. The molecule has 1 fully saturated rings. The summed E-state index contributed by atoms with van der Waals surface area (Å²) in [6.45, 7) is 5.74. The van der Waals surface area contributed by atoms with E-state index in [4.69, 9.17) is 5.11 Å². The summed E-state index contributed by atoms with van der Waals surface area (Å²) in [5, 5.41) is 11.5. The third kappa shape index (κ3) is 2.65. The van der Waals surface area contributed by atoms with Crippen LogP contribution in [0.2, 0.25) is 0 Å². The van der Waals surface area contributed by atoms with E-state index in [2.05, 4.69) is 5.32 Å². The van der Waals surface area contributed by atoms with Gasteiger partial charge in [0.05, 0.1) is 0 Å². The molecule has 16 heavy (non-hydrogen) atoms. The molecule has 5 nitrogen and oxygen atoms in total. The Kier molecular flexibility index (Phi) is 3.78. The first-order chi connectivity index (χ1) is 7.38. The van der Waals surface area contributed by atoms with Crippen LogP contribution in [0.4, 0.5) is 4.79 Å². The van der Waals surface area contributed by atoms with Crippen molar-refractivity contribution in [2.24, 2.45) is 0 Å². The first-order valence-corrected chi connectivity index (χ1v) is 5.70. The predicted octanol–water partition coefficient (Wildman–Crippen LogP) is 1.43. The van der Waals surface area contributed by atoms with Crippen LogP contribution >= 0.6 is 0 Å². The number of hydrogen-bond acceptors (Lipinski definition) is 2. The summed E-state index contributed by atoms with van der Waals surface area (Å²) in [7, 11) is 0. The van der Waals surface area contributed by atoms with Gasteiger partial charge in [0, 0.05) is 12.6 Å². The molecule has 2 N–H and O–H groups in total. The molecular weight excluding hydrogens is 208 g/mol. The number of rotatable bonds is 3. The monoisotopic (exact) mass is 228 g/mol. The number of nitrogens with one attached hydrogen (secondary N) is 1. The van der Waals surface area contributed by atoms with Crippen molar-refractivity contribution in [2.45, 2.75) is 51.6 Å². The van der Waals surface area contributed by atoms with Crippen LogP contribution < -0.4 is 5.32 Å². The minimum Gasteiger partial charge on any atom is -0.480 e. The normalized spacial score (nSPS) is 20.9. The van der Waals surface area contributed by atoms with E-state index in [1.807, 2.05) is 6.92 Å². The highest BCUT2D eigenvalue weighted by molar-refractivity contribution is 5.85. The number of carboxylic acid groups (broad SMARTS) is 1. The lowest BCUT2D eigenvalue weighted by Crippen LogP contribution is -2.55. The van der Waals surface area contributed by atoms with E-state index in [9.17, 15) is 9.59 Å². The molecule has 0 aromatic heterocycles. The summed E-state index contributed by atoms with van der Waals surface area (Å²) in [5.74, 6) is -1.02. The molecule has 0 saturated carbocycles. The number of likely N-dealkylation sites (tertiary alicyclic amines) is 1. The van der Waals surface area contributed by atoms with Crippen molar-refractivity contribution >= 4 is 12.0 Å². The second-order valence-electron chi connectivity index (χ2n) is 4.76. The van der Waals surface area contributed by atoms with Gasteiger partial charge < -0.3 is 15.3 Å². The van der Waals surface area contributed by atoms with E-state index in [-0.39, 0.29) is 12.1 Å². The van der Waals surface area contributed by atoms with Crippen LogP contribution in [0.25, 0.3) is 0 Å². The fraction of sp³-hybridized carbons (Fsp3) is 0.818. The van der Waals surface area contributed by atoms with E-state index < -0.39 is 11.5 Å². The van der Waals surface area contributed by atoms with Gasteiger partial charge in [-0.15, -0.1) is 0 Å². The average molecular weight is 228 g/mol. The molecule has 1 saturated heterocycles. The van der Waals surface area contributed by atoms with Gasteiger partial charge in [-0.25, -0.2) is 9.59 Å². The summed E-state index contributed by atoms with van der Waals surface area (Å²) < 4.78 is 0. The lowest BCUT2D eigenvalue weighted by Gasteiger charge is -2.29. The minimum atomic E-state index is -1.21. The van der Waals surface area contributed by atoms with Crippen LogP contribution in [0.3, 0.4) is 0 Å². The topological polar surface area (TPSA) is 69.6 Å². The maximum atomic E-state index is 11.9. The molecule has 0 radical (unpaired) electrons. The highest BCUT2D eigenvalue weighted by Gasteiger charge is 2.34. The zero-order chi connectivity index (χ0) is 12.3. The Morgan fingerprint density at radius 3 is 2.62 bits per heavy atom. The fourth-order valence-corrected chi connectivity index (χ4v) is 1.92. The molecule has 92 valence electrons. The van der Waals surface area contributed by atoms with Crippen molar-refractivity contribution in [2.75, 3.05) is 6.54 Å². The van der Waals surface area contributed by atoms with Crippen LogP contribution in [-0.4, -0.2) is 40.1 Å². The molecule has 0 aliphatic carbocycles. The Balaban J connectivity index is 2.62. The van der Waals surface area contributed by atoms with Gasteiger partial charge in [-0.1, -0.05) is 6.92 Å². The summed E-state index contributed by atoms with van der Waals surface area (Å²) in [4.78, 5) is 24.5. The number of nitrogens with zero attached hydrogens (tertiary/aromatic N) is 1. The lowest BCUT2D eigenvalue weighted by molar-refractivity contribution is -0.143. The molecule has 0 aromatic rings.